The monoisotopic (exact) mass is 566 g/mol. The van der Waals surface area contributed by atoms with E-state index in [2.05, 4.69) is 72.7 Å². The predicted octanol–water partition coefficient (Wildman–Crippen LogP) is 3.75. The molecule has 0 radical (unpaired) electrons. The van der Waals surface area contributed by atoms with E-state index in [0.29, 0.717) is 13.1 Å². The number of benzene rings is 2. The summed E-state index contributed by atoms with van der Waals surface area (Å²) in [5.74, 6) is 0.794. The van der Waals surface area contributed by atoms with Crippen LogP contribution in [0.25, 0.3) is 0 Å². The van der Waals surface area contributed by atoms with Crippen LogP contribution in [-0.4, -0.2) is 61.0 Å². The Kier molecular flexibility index (Phi) is 12.2. The van der Waals surface area contributed by atoms with E-state index in [0.717, 1.165) is 37.7 Å². The number of halogens is 1. The van der Waals surface area contributed by atoms with Gasteiger partial charge in [0.2, 0.25) is 0 Å². The molecule has 0 spiro atoms. The molecule has 0 amide bonds. The second kappa shape index (κ2) is 14.6. The molecule has 3 unspecified atom stereocenters. The number of morpholine rings is 1. The Morgan fingerprint density at radius 2 is 1.67 bits per heavy atom. The molecule has 182 valence electrons. The van der Waals surface area contributed by atoms with Crippen molar-refractivity contribution in [2.75, 3.05) is 32.8 Å². The van der Waals surface area contributed by atoms with Gasteiger partial charge in [-0.1, -0.05) is 54.6 Å². The lowest BCUT2D eigenvalue weighted by atomic mass is 10.0. The Labute approximate surface area is 215 Å². The van der Waals surface area contributed by atoms with E-state index in [1.807, 2.05) is 18.2 Å². The van der Waals surface area contributed by atoms with Crippen molar-refractivity contribution < 1.29 is 9.84 Å². The fourth-order valence-corrected chi connectivity index (χ4v) is 4.26. The van der Waals surface area contributed by atoms with Gasteiger partial charge in [-0.15, -0.1) is 24.0 Å². The number of hydrogen-bond acceptors (Lipinski definition) is 4. The van der Waals surface area contributed by atoms with Crippen LogP contribution in [0.2, 0.25) is 0 Å². The van der Waals surface area contributed by atoms with E-state index in [1.165, 1.54) is 11.1 Å². The molecular weight excluding hydrogens is 527 g/mol. The fourth-order valence-electron chi connectivity index (χ4n) is 4.26. The SMILES string of the molecule is CCNC(=NCc1ccccc1CN1CC(C)OC(C)C1)NCC(CO)c1ccccc1.I. The molecule has 0 saturated carbocycles. The maximum Gasteiger partial charge on any atom is 0.191 e. The maximum atomic E-state index is 9.85. The number of guanidine groups is 1. The molecular formula is C26H39IN4O2. The van der Waals surface area contributed by atoms with Crippen LogP contribution < -0.4 is 10.6 Å². The molecule has 1 heterocycles. The normalized spacial score (nSPS) is 20.1. The number of ether oxygens (including phenoxy) is 1. The van der Waals surface area contributed by atoms with E-state index < -0.39 is 0 Å². The van der Waals surface area contributed by atoms with Crippen LogP contribution in [0.3, 0.4) is 0 Å². The van der Waals surface area contributed by atoms with Gasteiger partial charge in [-0.25, -0.2) is 4.99 Å². The van der Waals surface area contributed by atoms with E-state index >= 15 is 0 Å². The Morgan fingerprint density at radius 3 is 2.30 bits per heavy atom. The minimum Gasteiger partial charge on any atom is -0.396 e. The molecule has 2 aromatic carbocycles. The first-order valence-corrected chi connectivity index (χ1v) is 11.7. The average molecular weight is 567 g/mol. The van der Waals surface area contributed by atoms with Crippen molar-refractivity contribution in [3.05, 3.63) is 71.3 Å². The van der Waals surface area contributed by atoms with Crippen LogP contribution in [0.15, 0.2) is 59.6 Å². The smallest absolute Gasteiger partial charge is 0.191 e. The third kappa shape index (κ3) is 8.88. The molecule has 6 nitrogen and oxygen atoms in total. The lowest BCUT2D eigenvalue weighted by molar-refractivity contribution is -0.0705. The van der Waals surface area contributed by atoms with E-state index in [9.17, 15) is 5.11 Å². The summed E-state index contributed by atoms with van der Waals surface area (Å²) >= 11 is 0. The van der Waals surface area contributed by atoms with E-state index in [4.69, 9.17) is 9.73 Å². The van der Waals surface area contributed by atoms with Gasteiger partial charge in [0.05, 0.1) is 25.4 Å². The van der Waals surface area contributed by atoms with Gasteiger partial charge in [-0.05, 0) is 37.5 Å². The highest BCUT2D eigenvalue weighted by Gasteiger charge is 2.22. The van der Waals surface area contributed by atoms with Crippen LogP contribution in [-0.2, 0) is 17.8 Å². The molecule has 33 heavy (non-hydrogen) atoms. The summed E-state index contributed by atoms with van der Waals surface area (Å²) in [4.78, 5) is 7.31. The van der Waals surface area contributed by atoms with Crippen molar-refractivity contribution in [2.45, 2.75) is 52.0 Å². The molecule has 1 aliphatic heterocycles. The molecule has 1 aliphatic rings. The number of rotatable bonds is 9. The van der Waals surface area contributed by atoms with Gasteiger partial charge in [-0.2, -0.15) is 0 Å². The van der Waals surface area contributed by atoms with Gasteiger partial charge in [-0.3, -0.25) is 4.90 Å². The standard InChI is InChI=1S/C26H38N4O2.HI/c1-4-27-26(29-15-25(19-31)22-10-6-5-7-11-22)28-14-23-12-8-9-13-24(23)18-30-16-20(2)32-21(3)17-30;/h5-13,20-21,25,31H,4,14-19H2,1-3H3,(H2,27,28,29);1H. The molecule has 7 heteroatoms. The molecule has 0 aromatic heterocycles. The number of nitrogens with zero attached hydrogens (tertiary/aromatic N) is 2. The molecule has 1 saturated heterocycles. The summed E-state index contributed by atoms with van der Waals surface area (Å²) in [7, 11) is 0. The van der Waals surface area contributed by atoms with Crippen molar-refractivity contribution in [3.8, 4) is 0 Å². The number of aliphatic hydroxyl groups is 1. The lowest BCUT2D eigenvalue weighted by Crippen LogP contribution is -2.44. The number of nitrogens with one attached hydrogen (secondary N) is 2. The topological polar surface area (TPSA) is 69.1 Å². The molecule has 3 N–H and O–H groups in total. The van der Waals surface area contributed by atoms with Crippen molar-refractivity contribution >= 4 is 29.9 Å². The van der Waals surface area contributed by atoms with Crippen LogP contribution in [0.4, 0.5) is 0 Å². The molecule has 2 aromatic rings. The molecule has 1 fully saturated rings. The summed E-state index contributed by atoms with van der Waals surface area (Å²) in [6.45, 7) is 11.3. The highest BCUT2D eigenvalue weighted by atomic mass is 127. The zero-order valence-electron chi connectivity index (χ0n) is 20.0. The van der Waals surface area contributed by atoms with Crippen molar-refractivity contribution in [1.82, 2.24) is 15.5 Å². The first kappa shape index (κ1) is 27.6. The molecule has 0 bridgehead atoms. The van der Waals surface area contributed by atoms with Crippen molar-refractivity contribution in [1.29, 1.82) is 0 Å². The van der Waals surface area contributed by atoms with Crippen LogP contribution >= 0.6 is 24.0 Å². The lowest BCUT2D eigenvalue weighted by Gasteiger charge is -2.35. The van der Waals surface area contributed by atoms with Gasteiger partial charge in [0.15, 0.2) is 5.96 Å². The fraction of sp³-hybridized carbons (Fsp3) is 0.500. The van der Waals surface area contributed by atoms with Gasteiger partial charge in [0, 0.05) is 38.6 Å². The first-order chi connectivity index (χ1) is 15.6. The summed E-state index contributed by atoms with van der Waals surface area (Å²) in [5, 5.41) is 16.6. The summed E-state index contributed by atoms with van der Waals surface area (Å²) in [6, 6.07) is 18.7. The quantitative estimate of drug-likeness (QED) is 0.245. The zero-order valence-corrected chi connectivity index (χ0v) is 22.4. The minimum absolute atomic E-state index is 0. The average Bonchev–Trinajstić information content (AvgIpc) is 2.78. The minimum atomic E-state index is 0. The Balaban J connectivity index is 0.00000385. The highest BCUT2D eigenvalue weighted by molar-refractivity contribution is 14.0. The van der Waals surface area contributed by atoms with Gasteiger partial charge < -0.3 is 20.5 Å². The van der Waals surface area contributed by atoms with Crippen LogP contribution in [0.5, 0.6) is 0 Å². The Hall–Kier alpha value is -1.68. The van der Waals surface area contributed by atoms with Gasteiger partial charge >= 0.3 is 0 Å². The summed E-state index contributed by atoms with van der Waals surface area (Å²) in [6.07, 6.45) is 0.523. The number of aliphatic imine (C=N–C) groups is 1. The Bertz CT molecular complexity index is 839. The highest BCUT2D eigenvalue weighted by Crippen LogP contribution is 2.18. The second-order valence-electron chi connectivity index (χ2n) is 8.59. The van der Waals surface area contributed by atoms with E-state index in [1.54, 1.807) is 0 Å². The third-order valence-electron chi connectivity index (χ3n) is 5.77. The summed E-state index contributed by atoms with van der Waals surface area (Å²) < 4.78 is 5.88. The van der Waals surface area contributed by atoms with E-state index in [-0.39, 0.29) is 48.7 Å². The Morgan fingerprint density at radius 1 is 1.03 bits per heavy atom. The number of hydrogen-bond donors (Lipinski definition) is 3. The maximum absolute atomic E-state index is 9.85. The molecule has 0 aliphatic carbocycles. The third-order valence-corrected chi connectivity index (χ3v) is 5.77. The van der Waals surface area contributed by atoms with Crippen molar-refractivity contribution in [2.24, 2.45) is 4.99 Å². The van der Waals surface area contributed by atoms with Gasteiger partial charge in [0.25, 0.3) is 0 Å². The van der Waals surface area contributed by atoms with Crippen LogP contribution in [0, 0.1) is 0 Å². The number of aliphatic hydroxyl groups excluding tert-OH is 1. The zero-order chi connectivity index (χ0) is 22.8. The predicted molar refractivity (Wildman–Crippen MR) is 146 cm³/mol. The summed E-state index contributed by atoms with van der Waals surface area (Å²) in [5.41, 5.74) is 3.67. The first-order valence-electron chi connectivity index (χ1n) is 11.7. The van der Waals surface area contributed by atoms with Crippen molar-refractivity contribution in [3.63, 3.8) is 0 Å². The van der Waals surface area contributed by atoms with Crippen LogP contribution in [0.1, 0.15) is 43.4 Å². The largest absolute Gasteiger partial charge is 0.396 e. The molecule has 3 rings (SSSR count). The van der Waals surface area contributed by atoms with Gasteiger partial charge in [0.1, 0.15) is 0 Å². The second-order valence-corrected chi connectivity index (χ2v) is 8.59. The molecule has 3 atom stereocenters.